The Morgan fingerprint density at radius 2 is 1.89 bits per heavy atom. The van der Waals surface area contributed by atoms with E-state index in [1.54, 1.807) is 17.0 Å². The van der Waals surface area contributed by atoms with E-state index in [9.17, 15) is 4.79 Å². The maximum atomic E-state index is 12.1. The van der Waals surface area contributed by atoms with E-state index in [4.69, 9.17) is 28.9 Å². The van der Waals surface area contributed by atoms with Crippen LogP contribution >= 0.6 is 23.2 Å². The lowest BCUT2D eigenvalue weighted by molar-refractivity contribution is -0.133. The van der Waals surface area contributed by atoms with Crippen LogP contribution in [0.15, 0.2) is 18.2 Å². The number of benzene rings is 1. The predicted molar refractivity (Wildman–Crippen MR) is 80.4 cm³/mol. The first-order chi connectivity index (χ1) is 8.81. The van der Waals surface area contributed by atoms with Crippen molar-refractivity contribution in [3.63, 3.8) is 0 Å². The van der Waals surface area contributed by atoms with Crippen LogP contribution in [0.5, 0.6) is 0 Å². The van der Waals surface area contributed by atoms with Crippen LogP contribution in [0.25, 0.3) is 0 Å². The van der Waals surface area contributed by atoms with Crippen molar-refractivity contribution in [2.75, 3.05) is 0 Å². The Morgan fingerprint density at radius 3 is 2.37 bits per heavy atom. The average molecular weight is 303 g/mol. The minimum atomic E-state index is -0.137. The Balaban J connectivity index is 2.83. The second-order valence-electron chi connectivity index (χ2n) is 5.05. The summed E-state index contributed by atoms with van der Waals surface area (Å²) in [5.74, 6) is 0.0519. The smallest absolute Gasteiger partial charge is 0.224 e. The summed E-state index contributed by atoms with van der Waals surface area (Å²) in [6, 6.07) is 5.39. The molecule has 106 valence electrons. The van der Waals surface area contributed by atoms with E-state index in [0.29, 0.717) is 23.0 Å². The zero-order chi connectivity index (χ0) is 14.6. The van der Waals surface area contributed by atoms with E-state index in [-0.39, 0.29) is 18.0 Å². The molecular weight excluding hydrogens is 283 g/mol. The normalized spacial score (nSPS) is 12.6. The highest BCUT2D eigenvalue weighted by atomic mass is 35.5. The molecule has 0 saturated carbocycles. The first-order valence-electron chi connectivity index (χ1n) is 6.30. The van der Waals surface area contributed by atoms with Gasteiger partial charge in [0.15, 0.2) is 0 Å². The molecule has 2 N–H and O–H groups in total. The average Bonchev–Trinajstić information content (AvgIpc) is 2.29. The van der Waals surface area contributed by atoms with Crippen LogP contribution in [0.2, 0.25) is 10.0 Å². The molecule has 5 heteroatoms. The molecule has 1 aromatic carbocycles. The fourth-order valence-electron chi connectivity index (χ4n) is 1.79. The van der Waals surface area contributed by atoms with Gasteiger partial charge in [0.1, 0.15) is 0 Å². The summed E-state index contributed by atoms with van der Waals surface area (Å²) in [4.78, 5) is 13.9. The summed E-state index contributed by atoms with van der Waals surface area (Å²) in [6.07, 6.45) is 0.347. The van der Waals surface area contributed by atoms with Crippen LogP contribution in [0, 0.1) is 0 Å². The van der Waals surface area contributed by atoms with Crippen molar-refractivity contribution in [1.29, 1.82) is 0 Å². The lowest BCUT2D eigenvalue weighted by Crippen LogP contribution is -2.39. The second-order valence-corrected chi connectivity index (χ2v) is 5.86. The zero-order valence-corrected chi connectivity index (χ0v) is 13.0. The second kappa shape index (κ2) is 7.13. The third kappa shape index (κ3) is 5.01. The molecule has 0 aliphatic carbocycles. The van der Waals surface area contributed by atoms with Gasteiger partial charge in [0.2, 0.25) is 5.91 Å². The highest BCUT2D eigenvalue weighted by Gasteiger charge is 2.18. The SMILES string of the molecule is CC(N)CC(=O)N(Cc1ccc(Cl)c(Cl)c1)C(C)C. The van der Waals surface area contributed by atoms with Crippen LogP contribution < -0.4 is 5.73 Å². The summed E-state index contributed by atoms with van der Waals surface area (Å²) in [5, 5.41) is 1.02. The van der Waals surface area contributed by atoms with Gasteiger partial charge >= 0.3 is 0 Å². The molecule has 0 bridgehead atoms. The van der Waals surface area contributed by atoms with Crippen molar-refractivity contribution in [1.82, 2.24) is 4.90 Å². The quantitative estimate of drug-likeness (QED) is 0.905. The molecule has 19 heavy (non-hydrogen) atoms. The molecule has 0 aliphatic rings. The Labute approximate surface area is 124 Å². The number of carbonyl (C=O) groups is 1. The van der Waals surface area contributed by atoms with Crippen molar-refractivity contribution in [3.05, 3.63) is 33.8 Å². The van der Waals surface area contributed by atoms with Crippen LogP contribution in [-0.2, 0) is 11.3 Å². The number of carbonyl (C=O) groups excluding carboxylic acids is 1. The molecule has 0 spiro atoms. The van der Waals surface area contributed by atoms with Crippen LogP contribution in [0.3, 0.4) is 0 Å². The van der Waals surface area contributed by atoms with Crippen LogP contribution in [0.4, 0.5) is 0 Å². The summed E-state index contributed by atoms with van der Waals surface area (Å²) in [5.41, 5.74) is 6.64. The van der Waals surface area contributed by atoms with Gasteiger partial charge in [0, 0.05) is 25.0 Å². The van der Waals surface area contributed by atoms with Gasteiger partial charge in [0.05, 0.1) is 10.0 Å². The lowest BCUT2D eigenvalue weighted by Gasteiger charge is -2.27. The number of hydrogen-bond acceptors (Lipinski definition) is 2. The van der Waals surface area contributed by atoms with Crippen molar-refractivity contribution in [2.45, 2.75) is 45.8 Å². The van der Waals surface area contributed by atoms with E-state index in [1.807, 2.05) is 26.8 Å². The molecule has 0 radical (unpaired) electrons. The van der Waals surface area contributed by atoms with Crippen molar-refractivity contribution >= 4 is 29.1 Å². The van der Waals surface area contributed by atoms with Gasteiger partial charge in [-0.15, -0.1) is 0 Å². The third-order valence-electron chi connectivity index (χ3n) is 2.78. The number of nitrogens with zero attached hydrogens (tertiary/aromatic N) is 1. The van der Waals surface area contributed by atoms with Crippen LogP contribution in [-0.4, -0.2) is 22.9 Å². The molecule has 1 rings (SSSR count). The maximum Gasteiger partial charge on any atom is 0.224 e. The molecule has 3 nitrogen and oxygen atoms in total. The molecule has 0 aliphatic heterocycles. The topological polar surface area (TPSA) is 46.3 Å². The minimum Gasteiger partial charge on any atom is -0.336 e. The molecule has 1 aromatic rings. The Morgan fingerprint density at radius 1 is 1.26 bits per heavy atom. The fraction of sp³-hybridized carbons (Fsp3) is 0.500. The summed E-state index contributed by atoms with van der Waals surface area (Å²) in [7, 11) is 0. The van der Waals surface area contributed by atoms with Gasteiger partial charge in [-0.25, -0.2) is 0 Å². The summed E-state index contributed by atoms with van der Waals surface area (Å²) >= 11 is 11.9. The first kappa shape index (κ1) is 16.3. The molecule has 0 saturated heterocycles. The molecule has 0 fully saturated rings. The molecule has 1 unspecified atom stereocenters. The standard InChI is InChI=1S/C14H20Cl2N2O/c1-9(2)18(14(19)6-10(3)17)8-11-4-5-12(15)13(16)7-11/h4-5,7,9-10H,6,8,17H2,1-3H3. The lowest BCUT2D eigenvalue weighted by atomic mass is 10.1. The molecular formula is C14H20Cl2N2O. The molecule has 1 amide bonds. The van der Waals surface area contributed by atoms with Crippen LogP contribution in [0.1, 0.15) is 32.8 Å². The largest absolute Gasteiger partial charge is 0.336 e. The van der Waals surface area contributed by atoms with Crippen molar-refractivity contribution in [3.8, 4) is 0 Å². The fourth-order valence-corrected chi connectivity index (χ4v) is 2.11. The molecule has 0 heterocycles. The van der Waals surface area contributed by atoms with E-state index in [0.717, 1.165) is 5.56 Å². The van der Waals surface area contributed by atoms with Gasteiger partial charge < -0.3 is 10.6 Å². The maximum absolute atomic E-state index is 12.1. The summed E-state index contributed by atoms with van der Waals surface area (Å²) < 4.78 is 0. The molecule has 1 atom stereocenters. The van der Waals surface area contributed by atoms with Crippen molar-refractivity contribution < 1.29 is 4.79 Å². The predicted octanol–water partition coefficient (Wildman–Crippen LogP) is 3.47. The van der Waals surface area contributed by atoms with E-state index >= 15 is 0 Å². The first-order valence-corrected chi connectivity index (χ1v) is 7.05. The van der Waals surface area contributed by atoms with E-state index in [1.165, 1.54) is 0 Å². The zero-order valence-electron chi connectivity index (χ0n) is 11.5. The van der Waals surface area contributed by atoms with E-state index in [2.05, 4.69) is 0 Å². The Bertz CT molecular complexity index is 447. The third-order valence-corrected chi connectivity index (χ3v) is 3.52. The highest BCUT2D eigenvalue weighted by Crippen LogP contribution is 2.23. The van der Waals surface area contributed by atoms with Gasteiger partial charge in [-0.05, 0) is 38.5 Å². The number of halogens is 2. The van der Waals surface area contributed by atoms with Crippen molar-refractivity contribution in [2.24, 2.45) is 5.73 Å². The van der Waals surface area contributed by atoms with E-state index < -0.39 is 0 Å². The minimum absolute atomic E-state index is 0.0519. The number of amides is 1. The Hall–Kier alpha value is -0.770. The number of nitrogens with two attached hydrogens (primary N) is 1. The highest BCUT2D eigenvalue weighted by molar-refractivity contribution is 6.42. The Kier molecular flexibility index (Phi) is 6.11. The number of hydrogen-bond donors (Lipinski definition) is 1. The van der Waals surface area contributed by atoms with Gasteiger partial charge in [-0.1, -0.05) is 29.3 Å². The van der Waals surface area contributed by atoms with Gasteiger partial charge in [0.25, 0.3) is 0 Å². The monoisotopic (exact) mass is 302 g/mol. The number of rotatable bonds is 5. The van der Waals surface area contributed by atoms with Gasteiger partial charge in [-0.3, -0.25) is 4.79 Å². The molecule has 0 aromatic heterocycles. The summed E-state index contributed by atoms with van der Waals surface area (Å²) in [6.45, 7) is 6.31. The van der Waals surface area contributed by atoms with Gasteiger partial charge in [-0.2, -0.15) is 0 Å².